The Hall–Kier alpha value is -1.16. The summed E-state index contributed by atoms with van der Waals surface area (Å²) in [5, 5.41) is 8.22. The van der Waals surface area contributed by atoms with Gasteiger partial charge in [0.1, 0.15) is 6.10 Å². The molecule has 4 heterocycles. The molecule has 96 valence electrons. The number of hydrogen-bond donors (Lipinski definition) is 0. The number of ether oxygens (including phenoxy) is 1. The highest BCUT2D eigenvalue weighted by Crippen LogP contribution is 2.44. The summed E-state index contributed by atoms with van der Waals surface area (Å²) in [7, 11) is 0. The second-order valence-corrected chi connectivity index (χ2v) is 6.17. The minimum Gasteiger partial charge on any atom is -0.473 e. The van der Waals surface area contributed by atoms with Gasteiger partial charge in [-0.25, -0.2) is 0 Å². The van der Waals surface area contributed by atoms with Gasteiger partial charge in [-0.15, -0.1) is 5.10 Å². The number of nitrogens with zero attached hydrogens (tertiary/aromatic N) is 3. The Morgan fingerprint density at radius 1 is 1.11 bits per heavy atom. The van der Waals surface area contributed by atoms with Crippen LogP contribution in [0.3, 0.4) is 0 Å². The third kappa shape index (κ3) is 1.70. The van der Waals surface area contributed by atoms with E-state index in [0.29, 0.717) is 23.8 Å². The molecule has 4 aliphatic rings. The molecule has 4 bridgehead atoms. The smallest absolute Gasteiger partial charge is 0.233 e. The van der Waals surface area contributed by atoms with E-state index in [2.05, 4.69) is 15.1 Å². The van der Waals surface area contributed by atoms with Gasteiger partial charge in [0.05, 0.1) is 5.69 Å². The highest BCUT2D eigenvalue weighted by Gasteiger charge is 2.48. The SMILES string of the molecule is Cc1ccc(OC2C3CC4CC2CN(C4)C3)nn1. The minimum absolute atomic E-state index is 0.370. The molecule has 0 spiro atoms. The summed E-state index contributed by atoms with van der Waals surface area (Å²) >= 11 is 0. The molecule has 2 atom stereocenters. The van der Waals surface area contributed by atoms with E-state index in [1.165, 1.54) is 32.5 Å². The number of hydrogen-bond acceptors (Lipinski definition) is 4. The van der Waals surface area contributed by atoms with Gasteiger partial charge in [0.2, 0.25) is 5.88 Å². The Kier molecular flexibility index (Phi) is 2.34. The fourth-order valence-electron chi connectivity index (χ4n) is 4.15. The van der Waals surface area contributed by atoms with Crippen LogP contribution < -0.4 is 4.74 Å². The molecule has 18 heavy (non-hydrogen) atoms. The van der Waals surface area contributed by atoms with Crippen LogP contribution in [0, 0.1) is 24.7 Å². The molecule has 3 aliphatic heterocycles. The van der Waals surface area contributed by atoms with Crippen LogP contribution in [0.5, 0.6) is 5.88 Å². The Balaban J connectivity index is 1.53. The topological polar surface area (TPSA) is 38.2 Å². The maximum absolute atomic E-state index is 6.15. The fourth-order valence-corrected chi connectivity index (χ4v) is 4.15. The molecule has 4 nitrogen and oxygen atoms in total. The summed E-state index contributed by atoms with van der Waals surface area (Å²) in [6.45, 7) is 5.71. The van der Waals surface area contributed by atoms with E-state index in [-0.39, 0.29) is 0 Å². The number of aromatic nitrogens is 2. The van der Waals surface area contributed by atoms with Gasteiger partial charge in [-0.3, -0.25) is 0 Å². The van der Waals surface area contributed by atoms with Crippen LogP contribution in [0.2, 0.25) is 0 Å². The van der Waals surface area contributed by atoms with Crippen LogP contribution in [0.15, 0.2) is 12.1 Å². The van der Waals surface area contributed by atoms with Crippen molar-refractivity contribution in [1.29, 1.82) is 0 Å². The molecular formula is C14H19N3O. The van der Waals surface area contributed by atoms with Gasteiger partial charge in [-0.1, -0.05) is 0 Å². The molecule has 5 rings (SSSR count). The first-order valence-electron chi connectivity index (χ1n) is 6.97. The van der Waals surface area contributed by atoms with Crippen molar-refractivity contribution in [2.45, 2.75) is 25.9 Å². The maximum atomic E-state index is 6.15. The highest BCUT2D eigenvalue weighted by atomic mass is 16.5. The Bertz CT molecular complexity index is 417. The number of piperidine rings is 3. The van der Waals surface area contributed by atoms with Crippen molar-refractivity contribution >= 4 is 0 Å². The molecule has 1 aromatic heterocycles. The Morgan fingerprint density at radius 2 is 1.89 bits per heavy atom. The zero-order valence-electron chi connectivity index (χ0n) is 10.7. The zero-order valence-corrected chi connectivity index (χ0v) is 10.7. The van der Waals surface area contributed by atoms with Crippen LogP contribution in [0.25, 0.3) is 0 Å². The fraction of sp³-hybridized carbons (Fsp3) is 0.714. The first kappa shape index (κ1) is 10.7. The molecule has 0 radical (unpaired) electrons. The maximum Gasteiger partial charge on any atom is 0.233 e. The second-order valence-electron chi connectivity index (χ2n) is 6.17. The second kappa shape index (κ2) is 3.92. The lowest BCUT2D eigenvalue weighted by Crippen LogP contribution is -2.61. The molecule has 1 aromatic rings. The van der Waals surface area contributed by atoms with Gasteiger partial charge in [0.25, 0.3) is 0 Å². The molecule has 2 unspecified atom stereocenters. The van der Waals surface area contributed by atoms with E-state index in [4.69, 9.17) is 4.74 Å². The van der Waals surface area contributed by atoms with Crippen molar-refractivity contribution in [2.75, 3.05) is 19.6 Å². The average molecular weight is 245 g/mol. The zero-order chi connectivity index (χ0) is 12.1. The monoisotopic (exact) mass is 245 g/mol. The third-order valence-corrected chi connectivity index (χ3v) is 4.73. The molecule has 4 fully saturated rings. The molecule has 1 saturated carbocycles. The van der Waals surface area contributed by atoms with Crippen LogP contribution in [-0.4, -0.2) is 40.8 Å². The van der Waals surface area contributed by atoms with E-state index in [9.17, 15) is 0 Å². The predicted octanol–water partition coefficient (Wildman–Crippen LogP) is 1.50. The minimum atomic E-state index is 0.370. The summed E-state index contributed by atoms with van der Waals surface area (Å²) in [6.07, 6.45) is 3.06. The molecule has 0 amide bonds. The van der Waals surface area contributed by atoms with Gasteiger partial charge in [-0.2, -0.15) is 5.10 Å². The molecule has 4 heteroatoms. The third-order valence-electron chi connectivity index (χ3n) is 4.73. The standard InChI is InChI=1S/C14H19N3O/c1-9-2-3-13(16-15-9)18-14-11-4-10-5-12(14)8-17(6-10)7-11/h2-3,10-12,14H,4-8H2,1H3. The Morgan fingerprint density at radius 3 is 2.50 bits per heavy atom. The molecule has 0 N–H and O–H groups in total. The van der Waals surface area contributed by atoms with Crippen LogP contribution in [0.4, 0.5) is 0 Å². The molecule has 3 saturated heterocycles. The lowest BCUT2D eigenvalue weighted by Gasteiger charge is -2.55. The van der Waals surface area contributed by atoms with Crippen LogP contribution >= 0.6 is 0 Å². The van der Waals surface area contributed by atoms with Crippen LogP contribution in [-0.2, 0) is 0 Å². The van der Waals surface area contributed by atoms with Crippen molar-refractivity contribution < 1.29 is 4.74 Å². The van der Waals surface area contributed by atoms with E-state index >= 15 is 0 Å². The summed E-state index contributed by atoms with van der Waals surface area (Å²) in [5.41, 5.74) is 0.943. The first-order chi connectivity index (χ1) is 8.78. The van der Waals surface area contributed by atoms with Crippen molar-refractivity contribution in [1.82, 2.24) is 15.1 Å². The summed E-state index contributed by atoms with van der Waals surface area (Å²) in [4.78, 5) is 2.62. The van der Waals surface area contributed by atoms with Crippen LogP contribution in [0.1, 0.15) is 18.5 Å². The first-order valence-corrected chi connectivity index (χ1v) is 6.97. The average Bonchev–Trinajstić information content (AvgIpc) is 2.35. The highest BCUT2D eigenvalue weighted by molar-refractivity contribution is 5.12. The largest absolute Gasteiger partial charge is 0.473 e. The van der Waals surface area contributed by atoms with Crippen molar-refractivity contribution in [3.05, 3.63) is 17.8 Å². The predicted molar refractivity (Wildman–Crippen MR) is 67.3 cm³/mol. The lowest BCUT2D eigenvalue weighted by molar-refractivity contribution is -0.0999. The number of rotatable bonds is 2. The normalized spacial score (nSPS) is 41.1. The molecular weight excluding hydrogens is 226 g/mol. The van der Waals surface area contributed by atoms with E-state index in [0.717, 1.165) is 11.6 Å². The van der Waals surface area contributed by atoms with Crippen molar-refractivity contribution in [3.8, 4) is 5.88 Å². The van der Waals surface area contributed by atoms with Crippen molar-refractivity contribution in [2.24, 2.45) is 17.8 Å². The van der Waals surface area contributed by atoms with E-state index in [1.807, 2.05) is 19.1 Å². The molecule has 1 aliphatic carbocycles. The quantitative estimate of drug-likeness (QED) is 0.791. The lowest BCUT2D eigenvalue weighted by atomic mass is 9.66. The van der Waals surface area contributed by atoms with Gasteiger partial charge in [0, 0.05) is 37.5 Å². The van der Waals surface area contributed by atoms with Gasteiger partial charge < -0.3 is 9.64 Å². The van der Waals surface area contributed by atoms with E-state index < -0.39 is 0 Å². The number of aryl methyl sites for hydroxylation is 1. The summed E-state index contributed by atoms with van der Waals surface area (Å²) in [6, 6.07) is 3.93. The summed E-state index contributed by atoms with van der Waals surface area (Å²) < 4.78 is 6.15. The Labute approximate surface area is 107 Å². The van der Waals surface area contributed by atoms with E-state index in [1.54, 1.807) is 0 Å². The molecule has 0 aromatic carbocycles. The summed E-state index contributed by atoms with van der Waals surface area (Å²) in [5.74, 6) is 3.04. The van der Waals surface area contributed by atoms with Gasteiger partial charge in [-0.05, 0) is 31.7 Å². The van der Waals surface area contributed by atoms with Gasteiger partial charge >= 0.3 is 0 Å². The van der Waals surface area contributed by atoms with Gasteiger partial charge in [0.15, 0.2) is 0 Å². The van der Waals surface area contributed by atoms with Crippen molar-refractivity contribution in [3.63, 3.8) is 0 Å².